The van der Waals surface area contributed by atoms with Crippen molar-refractivity contribution in [3.63, 3.8) is 0 Å². The van der Waals surface area contributed by atoms with Crippen molar-refractivity contribution >= 4 is 27.5 Å². The van der Waals surface area contributed by atoms with Crippen LogP contribution in [0.15, 0.2) is 24.3 Å². The topological polar surface area (TPSA) is 24.1 Å². The lowest BCUT2D eigenvalue weighted by molar-refractivity contribution is 1.51. The fourth-order valence-corrected chi connectivity index (χ4v) is 1.13. The monoisotopic (exact) mass is 200 g/mol. The molecule has 0 aromatic heterocycles. The van der Waals surface area contributed by atoms with Crippen LogP contribution in [0.3, 0.4) is 0 Å². The van der Waals surface area contributed by atoms with Crippen molar-refractivity contribution in [2.45, 2.75) is 0 Å². The normalized spacial score (nSPS) is 9.00. The van der Waals surface area contributed by atoms with Crippen LogP contribution < -0.4 is 9.66 Å². The third kappa shape index (κ3) is 1.42. The van der Waals surface area contributed by atoms with Gasteiger partial charge in [0.15, 0.2) is 0 Å². The first-order valence-electron chi connectivity index (χ1n) is 3.02. The molecule has 10 heavy (non-hydrogen) atoms. The minimum absolute atomic E-state index is 1.05. The predicted octanol–water partition coefficient (Wildman–Crippen LogP) is 2.45. The van der Waals surface area contributed by atoms with Gasteiger partial charge in [-0.3, -0.25) is 0 Å². The molecule has 0 fully saturated rings. The average Bonchev–Trinajstić information content (AvgIpc) is 2.04. The smallest absolute Gasteiger partial charge is 0.0674 e. The first-order valence-corrected chi connectivity index (χ1v) is 3.81. The van der Waals surface area contributed by atoms with E-state index in [4.69, 9.17) is 0 Å². The summed E-state index contributed by atoms with van der Waals surface area (Å²) in [6, 6.07) is 7.95. The zero-order chi connectivity index (χ0) is 7.40. The average molecular weight is 201 g/mol. The minimum atomic E-state index is 1.05. The zero-order valence-electron chi connectivity index (χ0n) is 5.69. The van der Waals surface area contributed by atoms with E-state index in [1.165, 1.54) is 0 Å². The van der Waals surface area contributed by atoms with E-state index < -0.39 is 0 Å². The summed E-state index contributed by atoms with van der Waals surface area (Å²) >= 11 is 3.16. The molecular weight excluding hydrogens is 192 g/mol. The second-order valence-electron chi connectivity index (χ2n) is 1.89. The Morgan fingerprint density at radius 1 is 1.20 bits per heavy atom. The van der Waals surface area contributed by atoms with Crippen molar-refractivity contribution < 1.29 is 0 Å². The number of benzene rings is 1. The molecule has 0 radical (unpaired) electrons. The van der Waals surface area contributed by atoms with Crippen LogP contribution in [0.2, 0.25) is 0 Å². The summed E-state index contributed by atoms with van der Waals surface area (Å²) in [5.74, 6) is 0. The first-order chi connectivity index (χ1) is 4.88. The second-order valence-corrected chi connectivity index (χ2v) is 2.29. The number of hydrogen-bond acceptors (Lipinski definition) is 2. The SMILES string of the molecule is CNc1ccccc1NBr. The van der Waals surface area contributed by atoms with E-state index in [1.54, 1.807) is 0 Å². The third-order valence-corrected chi connectivity index (χ3v) is 1.73. The Kier molecular flexibility index (Phi) is 2.57. The largest absolute Gasteiger partial charge is 0.386 e. The number of para-hydroxylation sites is 2. The van der Waals surface area contributed by atoms with E-state index in [2.05, 4.69) is 25.8 Å². The van der Waals surface area contributed by atoms with Crippen LogP contribution in [0.25, 0.3) is 0 Å². The highest BCUT2D eigenvalue weighted by Gasteiger charge is 1.93. The highest BCUT2D eigenvalue weighted by atomic mass is 79.9. The van der Waals surface area contributed by atoms with Crippen molar-refractivity contribution in [3.8, 4) is 0 Å². The van der Waals surface area contributed by atoms with Gasteiger partial charge in [0.05, 0.1) is 11.4 Å². The molecule has 0 aliphatic heterocycles. The van der Waals surface area contributed by atoms with Crippen LogP contribution in [-0.2, 0) is 0 Å². The standard InChI is InChI=1S/C7H9BrN2/c1-9-6-4-2-3-5-7(6)10-8/h2-5,9-10H,1H3. The maximum Gasteiger partial charge on any atom is 0.0674 e. The van der Waals surface area contributed by atoms with Crippen molar-refractivity contribution in [1.82, 2.24) is 0 Å². The summed E-state index contributed by atoms with van der Waals surface area (Å²) < 4.78 is 2.90. The molecule has 1 rings (SSSR count). The Morgan fingerprint density at radius 2 is 1.80 bits per heavy atom. The molecule has 0 aliphatic carbocycles. The van der Waals surface area contributed by atoms with Gasteiger partial charge >= 0.3 is 0 Å². The van der Waals surface area contributed by atoms with Crippen LogP contribution in [0, 0.1) is 0 Å². The van der Waals surface area contributed by atoms with Gasteiger partial charge in [0, 0.05) is 23.2 Å². The van der Waals surface area contributed by atoms with E-state index in [0.29, 0.717) is 0 Å². The number of hydrogen-bond donors (Lipinski definition) is 2. The molecule has 0 saturated heterocycles. The van der Waals surface area contributed by atoms with Crippen LogP contribution >= 0.6 is 16.1 Å². The van der Waals surface area contributed by atoms with Crippen molar-refractivity contribution in [1.29, 1.82) is 0 Å². The fraction of sp³-hybridized carbons (Fsp3) is 0.143. The Labute approximate surface area is 69.0 Å². The fourth-order valence-electron chi connectivity index (χ4n) is 0.784. The summed E-state index contributed by atoms with van der Waals surface area (Å²) in [6.07, 6.45) is 0. The van der Waals surface area contributed by atoms with Gasteiger partial charge in [0.2, 0.25) is 0 Å². The van der Waals surface area contributed by atoms with Gasteiger partial charge in [-0.05, 0) is 12.1 Å². The van der Waals surface area contributed by atoms with Crippen LogP contribution in [0.5, 0.6) is 0 Å². The molecule has 1 aromatic carbocycles. The Morgan fingerprint density at radius 3 is 2.20 bits per heavy atom. The van der Waals surface area contributed by atoms with E-state index in [-0.39, 0.29) is 0 Å². The molecule has 0 saturated carbocycles. The number of rotatable bonds is 2. The quantitative estimate of drug-likeness (QED) is 0.718. The van der Waals surface area contributed by atoms with Crippen LogP contribution in [0.1, 0.15) is 0 Å². The molecule has 3 heteroatoms. The molecule has 0 heterocycles. The Balaban J connectivity index is 2.96. The highest BCUT2D eigenvalue weighted by Crippen LogP contribution is 2.20. The molecule has 0 amide bonds. The molecule has 54 valence electrons. The van der Waals surface area contributed by atoms with E-state index in [1.807, 2.05) is 31.3 Å². The van der Waals surface area contributed by atoms with Crippen LogP contribution in [-0.4, -0.2) is 7.05 Å². The maximum absolute atomic E-state index is 3.16. The summed E-state index contributed by atoms with van der Waals surface area (Å²) in [5, 5.41) is 3.05. The molecule has 0 atom stereocenters. The van der Waals surface area contributed by atoms with Gasteiger partial charge in [-0.2, -0.15) is 0 Å². The summed E-state index contributed by atoms with van der Waals surface area (Å²) in [7, 11) is 1.89. The van der Waals surface area contributed by atoms with Gasteiger partial charge in [0.1, 0.15) is 0 Å². The molecule has 1 aromatic rings. The lowest BCUT2D eigenvalue weighted by Crippen LogP contribution is -1.91. The molecular formula is C7H9BrN2. The van der Waals surface area contributed by atoms with Gasteiger partial charge in [-0.1, -0.05) is 12.1 Å². The van der Waals surface area contributed by atoms with Crippen LogP contribution in [0.4, 0.5) is 11.4 Å². The predicted molar refractivity (Wildman–Crippen MR) is 48.5 cm³/mol. The second kappa shape index (κ2) is 3.46. The molecule has 0 unspecified atom stereocenters. The Hall–Kier alpha value is -0.700. The molecule has 0 bridgehead atoms. The van der Waals surface area contributed by atoms with Crippen molar-refractivity contribution in [2.75, 3.05) is 16.7 Å². The van der Waals surface area contributed by atoms with Gasteiger partial charge in [0.25, 0.3) is 0 Å². The Bertz CT molecular complexity index is 190. The maximum atomic E-state index is 3.16. The molecule has 2 nitrogen and oxygen atoms in total. The first kappa shape index (κ1) is 7.41. The summed E-state index contributed by atoms with van der Waals surface area (Å²) in [5.41, 5.74) is 2.13. The molecule has 0 spiro atoms. The lowest BCUT2D eigenvalue weighted by Gasteiger charge is -2.04. The van der Waals surface area contributed by atoms with Crippen molar-refractivity contribution in [3.05, 3.63) is 24.3 Å². The molecule has 0 aliphatic rings. The van der Waals surface area contributed by atoms with Crippen molar-refractivity contribution in [2.24, 2.45) is 0 Å². The zero-order valence-corrected chi connectivity index (χ0v) is 7.27. The summed E-state index contributed by atoms with van der Waals surface area (Å²) in [4.78, 5) is 0. The minimum Gasteiger partial charge on any atom is -0.386 e. The summed E-state index contributed by atoms with van der Waals surface area (Å²) in [6.45, 7) is 0. The van der Waals surface area contributed by atoms with E-state index in [0.717, 1.165) is 11.4 Å². The lowest BCUT2D eigenvalue weighted by atomic mass is 10.3. The van der Waals surface area contributed by atoms with Gasteiger partial charge in [-0.15, -0.1) is 0 Å². The molecule has 2 N–H and O–H groups in total. The number of anilines is 2. The van der Waals surface area contributed by atoms with Gasteiger partial charge < -0.3 is 9.66 Å². The number of halogens is 1. The van der Waals surface area contributed by atoms with Gasteiger partial charge in [-0.25, -0.2) is 0 Å². The third-order valence-electron chi connectivity index (χ3n) is 1.30. The van der Waals surface area contributed by atoms with E-state index in [9.17, 15) is 0 Å². The highest BCUT2D eigenvalue weighted by molar-refractivity contribution is 9.10. The van der Waals surface area contributed by atoms with E-state index >= 15 is 0 Å². The number of nitrogens with one attached hydrogen (secondary N) is 2.